The third kappa shape index (κ3) is 5.70. The van der Waals surface area contributed by atoms with Gasteiger partial charge in [-0.1, -0.05) is 48.5 Å². The molecule has 0 fully saturated rings. The highest BCUT2D eigenvalue weighted by Crippen LogP contribution is 2.23. The SMILES string of the molecule is CC(C)(C)Oc1ccccc1CNC(=O)CC(O)c1ccccc1. The first-order chi connectivity index (χ1) is 11.3. The van der Waals surface area contributed by atoms with Crippen molar-refractivity contribution in [2.24, 2.45) is 0 Å². The predicted molar refractivity (Wildman–Crippen MR) is 94.7 cm³/mol. The Balaban J connectivity index is 1.92. The number of hydrogen-bond acceptors (Lipinski definition) is 3. The van der Waals surface area contributed by atoms with Gasteiger partial charge in [-0.05, 0) is 32.4 Å². The van der Waals surface area contributed by atoms with Crippen LogP contribution in [0.25, 0.3) is 0 Å². The summed E-state index contributed by atoms with van der Waals surface area (Å²) in [5.41, 5.74) is 1.35. The molecule has 2 N–H and O–H groups in total. The molecule has 0 saturated heterocycles. The fourth-order valence-electron chi connectivity index (χ4n) is 2.31. The molecule has 0 spiro atoms. The highest BCUT2D eigenvalue weighted by molar-refractivity contribution is 5.76. The molecule has 2 aromatic carbocycles. The standard InChI is InChI=1S/C20H25NO3/c1-20(2,3)24-18-12-8-7-11-16(18)14-21-19(23)13-17(22)15-9-5-4-6-10-15/h4-12,17,22H,13-14H2,1-3H3,(H,21,23). The predicted octanol–water partition coefficient (Wildman–Crippen LogP) is 3.60. The van der Waals surface area contributed by atoms with Crippen LogP contribution < -0.4 is 10.1 Å². The molecular formula is C20H25NO3. The van der Waals surface area contributed by atoms with Crippen molar-refractivity contribution < 1.29 is 14.6 Å². The van der Waals surface area contributed by atoms with Gasteiger partial charge in [0.05, 0.1) is 12.5 Å². The molecule has 128 valence electrons. The molecule has 1 amide bonds. The van der Waals surface area contributed by atoms with E-state index in [1.54, 1.807) is 0 Å². The second kappa shape index (κ2) is 7.97. The van der Waals surface area contributed by atoms with Crippen LogP contribution in [0.15, 0.2) is 54.6 Å². The lowest BCUT2D eigenvalue weighted by Crippen LogP contribution is -2.27. The number of benzene rings is 2. The van der Waals surface area contributed by atoms with E-state index < -0.39 is 6.10 Å². The molecule has 4 nitrogen and oxygen atoms in total. The number of amides is 1. The Labute approximate surface area is 143 Å². The van der Waals surface area contributed by atoms with E-state index >= 15 is 0 Å². The Morgan fingerprint density at radius 2 is 1.71 bits per heavy atom. The molecule has 0 bridgehead atoms. The Kier molecular flexibility index (Phi) is 5.99. The van der Waals surface area contributed by atoms with Gasteiger partial charge in [-0.15, -0.1) is 0 Å². The minimum absolute atomic E-state index is 0.0340. The Bertz CT molecular complexity index is 662. The van der Waals surface area contributed by atoms with Crippen molar-refractivity contribution in [1.29, 1.82) is 0 Å². The van der Waals surface area contributed by atoms with Gasteiger partial charge in [0.1, 0.15) is 11.4 Å². The quantitative estimate of drug-likeness (QED) is 0.852. The van der Waals surface area contributed by atoms with Crippen molar-refractivity contribution in [1.82, 2.24) is 5.32 Å². The number of rotatable bonds is 6. The molecule has 2 aromatic rings. The topological polar surface area (TPSA) is 58.6 Å². The van der Waals surface area contributed by atoms with Crippen LogP contribution in [-0.2, 0) is 11.3 Å². The number of carbonyl (C=O) groups is 1. The van der Waals surface area contributed by atoms with Crippen LogP contribution in [0.5, 0.6) is 5.75 Å². The summed E-state index contributed by atoms with van der Waals surface area (Å²) in [6.07, 6.45) is -0.765. The number of nitrogens with one attached hydrogen (secondary N) is 1. The summed E-state index contributed by atoms with van der Waals surface area (Å²) in [5.74, 6) is 0.561. The Morgan fingerprint density at radius 1 is 1.08 bits per heavy atom. The van der Waals surface area contributed by atoms with Crippen LogP contribution in [0.1, 0.15) is 44.4 Å². The maximum absolute atomic E-state index is 12.1. The molecule has 1 atom stereocenters. The lowest BCUT2D eigenvalue weighted by atomic mass is 10.1. The van der Waals surface area contributed by atoms with Crippen LogP contribution in [0.3, 0.4) is 0 Å². The van der Waals surface area contributed by atoms with Crippen LogP contribution in [0.4, 0.5) is 0 Å². The minimum Gasteiger partial charge on any atom is -0.488 e. The van der Waals surface area contributed by atoms with E-state index in [0.29, 0.717) is 6.54 Å². The highest BCUT2D eigenvalue weighted by Gasteiger charge is 2.16. The average Bonchev–Trinajstić information content (AvgIpc) is 2.53. The fraction of sp³-hybridized carbons (Fsp3) is 0.350. The summed E-state index contributed by atoms with van der Waals surface area (Å²) in [5, 5.41) is 13.0. The molecule has 0 radical (unpaired) electrons. The molecule has 0 aromatic heterocycles. The molecule has 0 aliphatic rings. The first kappa shape index (κ1) is 18.0. The van der Waals surface area contributed by atoms with Gasteiger partial charge < -0.3 is 15.2 Å². The van der Waals surface area contributed by atoms with Gasteiger partial charge in [0, 0.05) is 12.1 Å². The number of carbonyl (C=O) groups excluding carboxylic acids is 1. The normalized spacial score (nSPS) is 12.5. The lowest BCUT2D eigenvalue weighted by Gasteiger charge is -2.23. The second-order valence-corrected chi connectivity index (χ2v) is 6.73. The van der Waals surface area contributed by atoms with E-state index in [1.165, 1.54) is 0 Å². The number of aliphatic hydroxyl groups excluding tert-OH is 1. The largest absolute Gasteiger partial charge is 0.488 e. The zero-order valence-corrected chi connectivity index (χ0v) is 14.5. The van der Waals surface area contributed by atoms with Gasteiger partial charge >= 0.3 is 0 Å². The molecule has 0 heterocycles. The van der Waals surface area contributed by atoms with Crippen molar-refractivity contribution >= 4 is 5.91 Å². The maximum Gasteiger partial charge on any atom is 0.223 e. The van der Waals surface area contributed by atoms with Crippen molar-refractivity contribution in [3.63, 3.8) is 0 Å². The van der Waals surface area contributed by atoms with E-state index in [-0.39, 0.29) is 17.9 Å². The minimum atomic E-state index is -0.799. The maximum atomic E-state index is 12.1. The third-order valence-corrected chi connectivity index (χ3v) is 3.43. The summed E-state index contributed by atoms with van der Waals surface area (Å²) in [6.45, 7) is 6.32. The van der Waals surface area contributed by atoms with Crippen molar-refractivity contribution in [2.45, 2.75) is 45.4 Å². The van der Waals surface area contributed by atoms with E-state index in [2.05, 4.69) is 5.32 Å². The first-order valence-corrected chi connectivity index (χ1v) is 8.12. The summed E-state index contributed by atoms with van der Waals surface area (Å²) in [4.78, 5) is 12.1. The number of hydrogen-bond donors (Lipinski definition) is 2. The monoisotopic (exact) mass is 327 g/mol. The second-order valence-electron chi connectivity index (χ2n) is 6.73. The Morgan fingerprint density at radius 3 is 2.38 bits per heavy atom. The van der Waals surface area contributed by atoms with Crippen molar-refractivity contribution in [3.05, 3.63) is 65.7 Å². The molecule has 0 aliphatic carbocycles. The first-order valence-electron chi connectivity index (χ1n) is 8.12. The van der Waals surface area contributed by atoms with Gasteiger partial charge in [0.25, 0.3) is 0 Å². The van der Waals surface area contributed by atoms with Crippen LogP contribution >= 0.6 is 0 Å². The van der Waals surface area contributed by atoms with Gasteiger partial charge in [-0.25, -0.2) is 0 Å². The fourth-order valence-corrected chi connectivity index (χ4v) is 2.31. The number of aliphatic hydroxyl groups is 1. The summed E-state index contributed by atoms with van der Waals surface area (Å²) >= 11 is 0. The zero-order chi connectivity index (χ0) is 17.6. The Hall–Kier alpha value is -2.33. The summed E-state index contributed by atoms with van der Waals surface area (Å²) in [7, 11) is 0. The molecule has 0 saturated carbocycles. The van der Waals surface area contributed by atoms with Crippen LogP contribution in [0, 0.1) is 0 Å². The summed E-state index contributed by atoms with van der Waals surface area (Å²) in [6, 6.07) is 16.8. The zero-order valence-electron chi connectivity index (χ0n) is 14.5. The van der Waals surface area contributed by atoms with Gasteiger partial charge in [-0.2, -0.15) is 0 Å². The molecular weight excluding hydrogens is 302 g/mol. The smallest absolute Gasteiger partial charge is 0.223 e. The molecule has 0 aliphatic heterocycles. The number of ether oxygens (including phenoxy) is 1. The van der Waals surface area contributed by atoms with Crippen LogP contribution in [0.2, 0.25) is 0 Å². The molecule has 24 heavy (non-hydrogen) atoms. The van der Waals surface area contributed by atoms with Crippen molar-refractivity contribution in [3.8, 4) is 5.75 Å². The molecule has 4 heteroatoms. The van der Waals surface area contributed by atoms with Crippen LogP contribution in [-0.4, -0.2) is 16.6 Å². The van der Waals surface area contributed by atoms with E-state index in [4.69, 9.17) is 4.74 Å². The molecule has 2 rings (SSSR count). The van der Waals surface area contributed by atoms with Gasteiger partial charge in [-0.3, -0.25) is 4.79 Å². The van der Waals surface area contributed by atoms with E-state index in [9.17, 15) is 9.90 Å². The number of para-hydroxylation sites is 1. The molecule has 1 unspecified atom stereocenters. The highest BCUT2D eigenvalue weighted by atomic mass is 16.5. The lowest BCUT2D eigenvalue weighted by molar-refractivity contribution is -0.123. The van der Waals surface area contributed by atoms with E-state index in [0.717, 1.165) is 16.9 Å². The average molecular weight is 327 g/mol. The summed E-state index contributed by atoms with van der Waals surface area (Å²) < 4.78 is 5.91. The van der Waals surface area contributed by atoms with Gasteiger partial charge in [0.15, 0.2) is 0 Å². The van der Waals surface area contributed by atoms with Gasteiger partial charge in [0.2, 0.25) is 5.91 Å². The van der Waals surface area contributed by atoms with E-state index in [1.807, 2.05) is 75.4 Å². The van der Waals surface area contributed by atoms with Crippen molar-refractivity contribution in [2.75, 3.05) is 0 Å². The third-order valence-electron chi connectivity index (χ3n) is 3.43.